The Hall–Kier alpha value is -1.40. The minimum Gasteiger partial charge on any atom is -0.393 e. The Kier molecular flexibility index (Phi) is 8.01. The summed E-state index contributed by atoms with van der Waals surface area (Å²) in [5.74, 6) is 2.93. The smallest absolute Gasteiger partial charge is 0.226 e. The van der Waals surface area contributed by atoms with Crippen LogP contribution < -0.4 is 5.32 Å². The van der Waals surface area contributed by atoms with Crippen LogP contribution in [-0.2, 0) is 14.3 Å². The van der Waals surface area contributed by atoms with Crippen molar-refractivity contribution in [2.75, 3.05) is 26.3 Å². The summed E-state index contributed by atoms with van der Waals surface area (Å²) in [5.41, 5.74) is 1.29. The molecule has 0 bridgehead atoms. The molecule has 1 aliphatic heterocycles. The number of allylic oxidation sites excluding steroid dienone is 1. The first-order chi connectivity index (χ1) is 21.9. The summed E-state index contributed by atoms with van der Waals surface area (Å²) in [6, 6.07) is 0.0330. The predicted molar refractivity (Wildman–Crippen MR) is 186 cm³/mol. The molecule has 7 aliphatic rings. The molecule has 0 aromatic rings. The molecular formula is C41H66N2O4. The zero-order chi connectivity index (χ0) is 33.9. The first-order valence-electron chi connectivity index (χ1n) is 19.5. The number of nitrogens with zero attached hydrogens (tertiary/aromatic N) is 1. The van der Waals surface area contributed by atoms with E-state index in [9.17, 15) is 14.7 Å². The highest BCUT2D eigenvalue weighted by Crippen LogP contribution is 2.77. The molecule has 7 rings (SSSR count). The highest BCUT2D eigenvalue weighted by molar-refractivity contribution is 5.86. The van der Waals surface area contributed by atoms with E-state index < -0.39 is 0 Å². The van der Waals surface area contributed by atoms with Crippen LogP contribution in [0, 0.1) is 68.0 Å². The minimum atomic E-state index is -0.343. The van der Waals surface area contributed by atoms with Crippen LogP contribution in [0.5, 0.6) is 0 Å². The monoisotopic (exact) mass is 651 g/mol. The van der Waals surface area contributed by atoms with Crippen molar-refractivity contribution in [3.8, 4) is 0 Å². The zero-order valence-electron chi connectivity index (χ0n) is 31.1. The molecule has 1 saturated heterocycles. The molecule has 0 aromatic heterocycles. The van der Waals surface area contributed by atoms with Crippen LogP contribution in [0.4, 0.5) is 0 Å². The van der Waals surface area contributed by atoms with Crippen molar-refractivity contribution in [3.63, 3.8) is 0 Å². The number of nitrogens with one attached hydrogen (secondary N) is 1. The molecule has 6 aliphatic carbocycles. The van der Waals surface area contributed by atoms with Gasteiger partial charge in [-0.15, -0.1) is 0 Å². The van der Waals surface area contributed by atoms with Gasteiger partial charge in [-0.25, -0.2) is 0 Å². The van der Waals surface area contributed by atoms with Gasteiger partial charge in [-0.05, 0) is 134 Å². The topological polar surface area (TPSA) is 78.9 Å². The second-order valence-electron chi connectivity index (χ2n) is 19.8. The van der Waals surface area contributed by atoms with Gasteiger partial charge in [0.2, 0.25) is 11.8 Å². The lowest BCUT2D eigenvalue weighted by Gasteiger charge is -2.72. The molecule has 47 heavy (non-hydrogen) atoms. The number of rotatable bonds is 4. The molecule has 6 heteroatoms. The average Bonchev–Trinajstić information content (AvgIpc) is 3.43. The van der Waals surface area contributed by atoms with E-state index in [4.69, 9.17) is 4.74 Å². The third kappa shape index (κ3) is 4.53. The molecule has 2 amide bonds. The summed E-state index contributed by atoms with van der Waals surface area (Å²) in [6.07, 6.45) is 11.6. The van der Waals surface area contributed by atoms with Crippen LogP contribution >= 0.6 is 0 Å². The van der Waals surface area contributed by atoms with Gasteiger partial charge < -0.3 is 20.1 Å². The maximum absolute atomic E-state index is 14.8. The summed E-state index contributed by atoms with van der Waals surface area (Å²) >= 11 is 0. The zero-order valence-corrected chi connectivity index (χ0v) is 31.1. The molecule has 6 nitrogen and oxygen atoms in total. The number of carbonyl (C=O) groups is 2. The number of aliphatic hydroxyl groups excluding tert-OH is 1. The number of carbonyl (C=O) groups excluding carboxylic acids is 2. The standard InChI is InChI=1S/C41H66N2O4/c1-25(2)26-12-17-41(35(46)42-31-24-28(36(31,3)4)34(45)43-20-22-47-23-21-43)19-18-39(8)27(33(26)41)10-11-30-38(7)15-14-32(44)37(5,6)29(38)13-16-40(30,39)9/h26-33,44H,1,10-24H2,2-9H3,(H,42,46)/t26-,27+,28?,29-,30+,31?,32-,33?,38-,39+,40+,41-/m0/s1. The summed E-state index contributed by atoms with van der Waals surface area (Å²) in [6.45, 7) is 26.3. The van der Waals surface area contributed by atoms with Crippen molar-refractivity contribution < 1.29 is 19.4 Å². The van der Waals surface area contributed by atoms with Gasteiger partial charge in [-0.2, -0.15) is 0 Å². The molecule has 12 atom stereocenters. The highest BCUT2D eigenvalue weighted by atomic mass is 16.5. The van der Waals surface area contributed by atoms with Crippen molar-refractivity contribution in [3.05, 3.63) is 12.2 Å². The van der Waals surface area contributed by atoms with E-state index in [1.165, 1.54) is 31.3 Å². The highest BCUT2D eigenvalue weighted by Gasteiger charge is 2.72. The molecule has 3 unspecified atom stereocenters. The Bertz CT molecular complexity index is 1300. The van der Waals surface area contributed by atoms with Crippen LogP contribution in [0.3, 0.4) is 0 Å². The molecule has 264 valence electrons. The Labute approximate surface area is 285 Å². The minimum absolute atomic E-state index is 0.0330. The first-order valence-corrected chi connectivity index (χ1v) is 19.5. The fraction of sp³-hybridized carbons (Fsp3) is 0.902. The Morgan fingerprint density at radius 1 is 0.809 bits per heavy atom. The predicted octanol–water partition coefficient (Wildman–Crippen LogP) is 7.39. The van der Waals surface area contributed by atoms with Crippen molar-refractivity contribution in [1.82, 2.24) is 10.2 Å². The number of ether oxygens (including phenoxy) is 1. The number of fused-ring (bicyclic) bond motifs is 7. The first kappa shape index (κ1) is 34.1. The molecule has 2 N–H and O–H groups in total. The van der Waals surface area contributed by atoms with Crippen molar-refractivity contribution >= 4 is 11.8 Å². The summed E-state index contributed by atoms with van der Waals surface area (Å²) < 4.78 is 5.49. The van der Waals surface area contributed by atoms with Crippen LogP contribution in [-0.4, -0.2) is 60.3 Å². The lowest BCUT2D eigenvalue weighted by molar-refractivity contribution is -0.246. The lowest BCUT2D eigenvalue weighted by atomic mass is 9.32. The van der Waals surface area contributed by atoms with Gasteiger partial charge in [0.05, 0.1) is 24.7 Å². The quantitative estimate of drug-likeness (QED) is 0.311. The van der Waals surface area contributed by atoms with Crippen molar-refractivity contribution in [1.29, 1.82) is 0 Å². The molecule has 1 heterocycles. The van der Waals surface area contributed by atoms with E-state index in [2.05, 4.69) is 67.3 Å². The van der Waals surface area contributed by atoms with E-state index in [0.717, 1.165) is 44.9 Å². The molecular weight excluding hydrogens is 584 g/mol. The fourth-order valence-electron chi connectivity index (χ4n) is 14.4. The number of hydrogen-bond donors (Lipinski definition) is 2. The maximum atomic E-state index is 14.8. The molecule has 0 radical (unpaired) electrons. The number of hydrogen-bond acceptors (Lipinski definition) is 4. The molecule has 0 spiro atoms. The summed E-state index contributed by atoms with van der Waals surface area (Å²) in [7, 11) is 0. The Morgan fingerprint density at radius 2 is 1.51 bits per heavy atom. The van der Waals surface area contributed by atoms with E-state index in [0.29, 0.717) is 55.9 Å². The third-order valence-electron chi connectivity index (χ3n) is 17.7. The number of aliphatic hydroxyl groups is 1. The molecule has 6 saturated carbocycles. The van der Waals surface area contributed by atoms with Gasteiger partial charge in [0, 0.05) is 25.0 Å². The van der Waals surface area contributed by atoms with Crippen molar-refractivity contribution in [2.45, 2.75) is 138 Å². The maximum Gasteiger partial charge on any atom is 0.226 e. The van der Waals surface area contributed by atoms with Crippen LogP contribution in [0.1, 0.15) is 126 Å². The Morgan fingerprint density at radius 3 is 2.17 bits per heavy atom. The van der Waals surface area contributed by atoms with Crippen LogP contribution in [0.15, 0.2) is 12.2 Å². The van der Waals surface area contributed by atoms with E-state index >= 15 is 0 Å². The normalized spacial score (nSPS) is 49.8. The van der Waals surface area contributed by atoms with Crippen LogP contribution in [0.2, 0.25) is 0 Å². The number of morpholine rings is 1. The fourth-order valence-corrected chi connectivity index (χ4v) is 14.4. The Balaban J connectivity index is 1.15. The van der Waals surface area contributed by atoms with Gasteiger partial charge in [0.15, 0.2) is 0 Å². The molecule has 7 fully saturated rings. The van der Waals surface area contributed by atoms with E-state index in [-0.39, 0.29) is 62.4 Å². The second kappa shape index (κ2) is 11.0. The van der Waals surface area contributed by atoms with Gasteiger partial charge in [0.1, 0.15) is 0 Å². The van der Waals surface area contributed by atoms with Crippen LogP contribution in [0.25, 0.3) is 0 Å². The van der Waals surface area contributed by atoms with E-state index in [1.54, 1.807) is 0 Å². The van der Waals surface area contributed by atoms with Gasteiger partial charge >= 0.3 is 0 Å². The largest absolute Gasteiger partial charge is 0.393 e. The van der Waals surface area contributed by atoms with Crippen molar-refractivity contribution in [2.24, 2.45) is 68.0 Å². The summed E-state index contributed by atoms with van der Waals surface area (Å²) in [4.78, 5) is 30.3. The lowest BCUT2D eigenvalue weighted by Crippen LogP contribution is -2.68. The molecule has 0 aromatic carbocycles. The van der Waals surface area contributed by atoms with E-state index in [1.807, 2.05) is 4.90 Å². The summed E-state index contributed by atoms with van der Waals surface area (Å²) in [5, 5.41) is 14.7. The van der Waals surface area contributed by atoms with Gasteiger partial charge in [0.25, 0.3) is 0 Å². The number of amides is 2. The van der Waals surface area contributed by atoms with Gasteiger partial charge in [-0.1, -0.05) is 60.6 Å². The van der Waals surface area contributed by atoms with Gasteiger partial charge in [-0.3, -0.25) is 9.59 Å². The second-order valence-corrected chi connectivity index (χ2v) is 19.8. The average molecular weight is 651 g/mol. The SMILES string of the molecule is C=C(C)[C@@H]1CC[C@]2(C(=O)NC3CC(C(=O)N4CCOCC4)C3(C)C)CC[C@]3(C)[C@H](CC[C@@H]4[C@@]5(C)CC[C@H](O)C(C)(C)[C@@H]5CC[C@]43C)C12. The third-order valence-corrected chi connectivity index (χ3v) is 17.7.